The van der Waals surface area contributed by atoms with E-state index >= 15 is 0 Å². The molecule has 0 saturated carbocycles. The molecule has 1 aromatic heterocycles. The van der Waals surface area contributed by atoms with Gasteiger partial charge in [-0.1, -0.05) is 23.8 Å². The first-order chi connectivity index (χ1) is 14.7. The van der Waals surface area contributed by atoms with Crippen LogP contribution in [-0.4, -0.2) is 30.4 Å². The molecule has 0 atom stereocenters. The van der Waals surface area contributed by atoms with Gasteiger partial charge in [0.05, 0.1) is 21.8 Å². The van der Waals surface area contributed by atoms with E-state index in [2.05, 4.69) is 53.3 Å². The average Bonchev–Trinajstić information content (AvgIpc) is 3.18. The Kier molecular flexibility index (Phi) is 4.57. The first kappa shape index (κ1) is 20.3. The van der Waals surface area contributed by atoms with Crippen LogP contribution in [0, 0.1) is 27.7 Å². The van der Waals surface area contributed by atoms with Crippen LogP contribution in [0.1, 0.15) is 40.8 Å². The zero-order chi connectivity index (χ0) is 22.0. The van der Waals surface area contributed by atoms with Gasteiger partial charge in [0, 0.05) is 25.0 Å². The highest BCUT2D eigenvalue weighted by molar-refractivity contribution is 7.89. The molecular weight excluding hydrogens is 406 g/mol. The van der Waals surface area contributed by atoms with Crippen LogP contribution in [0.2, 0.25) is 0 Å². The summed E-state index contributed by atoms with van der Waals surface area (Å²) in [7, 11) is -3.53. The highest BCUT2D eigenvalue weighted by Gasteiger charge is 2.44. The molecule has 0 amide bonds. The van der Waals surface area contributed by atoms with Crippen molar-refractivity contribution in [3.05, 3.63) is 76.6 Å². The third-order valence-electron chi connectivity index (χ3n) is 6.80. The number of hydrogen-bond acceptors (Lipinski definition) is 3. The lowest BCUT2D eigenvalue weighted by molar-refractivity contribution is 0.247. The van der Waals surface area contributed by atoms with Gasteiger partial charge < -0.3 is 9.88 Å². The Morgan fingerprint density at radius 2 is 1.58 bits per heavy atom. The zero-order valence-corrected chi connectivity index (χ0v) is 19.4. The molecular formula is C25H29N3O2S. The maximum absolute atomic E-state index is 13.6. The number of sulfonamides is 1. The number of benzene rings is 2. The predicted molar refractivity (Wildman–Crippen MR) is 124 cm³/mol. The maximum Gasteiger partial charge on any atom is 0.243 e. The van der Waals surface area contributed by atoms with Crippen LogP contribution in [0.25, 0.3) is 5.69 Å². The molecule has 0 radical (unpaired) electrons. The zero-order valence-electron chi connectivity index (χ0n) is 18.6. The van der Waals surface area contributed by atoms with Crippen molar-refractivity contribution in [1.82, 2.24) is 8.87 Å². The molecule has 0 unspecified atom stereocenters. The Morgan fingerprint density at radius 1 is 0.903 bits per heavy atom. The Bertz CT molecular complexity index is 1260. The summed E-state index contributed by atoms with van der Waals surface area (Å²) in [4.78, 5) is 0.468. The summed E-state index contributed by atoms with van der Waals surface area (Å²) in [6.45, 7) is 8.88. The molecule has 162 valence electrons. The van der Waals surface area contributed by atoms with Crippen molar-refractivity contribution in [3.63, 3.8) is 0 Å². The van der Waals surface area contributed by atoms with E-state index in [1.165, 1.54) is 11.3 Å². The lowest BCUT2D eigenvalue weighted by Crippen LogP contribution is -2.51. The van der Waals surface area contributed by atoms with Crippen LogP contribution < -0.4 is 5.32 Å². The van der Waals surface area contributed by atoms with E-state index in [1.807, 2.05) is 32.9 Å². The number of aryl methyl sites for hydroxylation is 4. The lowest BCUT2D eigenvalue weighted by atomic mass is 9.83. The molecule has 2 aromatic carbocycles. The number of piperidine rings is 1. The van der Waals surface area contributed by atoms with Gasteiger partial charge in [-0.2, -0.15) is 4.31 Å². The van der Waals surface area contributed by atoms with Crippen molar-refractivity contribution in [1.29, 1.82) is 0 Å². The molecule has 1 N–H and O–H groups in total. The monoisotopic (exact) mass is 435 g/mol. The second kappa shape index (κ2) is 6.97. The standard InChI is InChI=1S/C25H29N3O2S/c1-17-7-8-22-21(16-17)26-25(23-6-5-11-28(22)23)9-12-27(13-10-25)31(29,30)24-19(3)14-18(2)15-20(24)4/h5-8,11,14-16,26H,9-10,12-13H2,1-4H3. The molecule has 5 rings (SSSR count). The molecule has 31 heavy (non-hydrogen) atoms. The van der Waals surface area contributed by atoms with E-state index in [1.54, 1.807) is 4.31 Å². The molecule has 1 fully saturated rings. The van der Waals surface area contributed by atoms with Crippen LogP contribution in [0.3, 0.4) is 0 Å². The van der Waals surface area contributed by atoms with Crippen LogP contribution in [0.4, 0.5) is 5.69 Å². The number of nitrogens with zero attached hydrogens (tertiary/aromatic N) is 2. The van der Waals surface area contributed by atoms with Gasteiger partial charge in [0.25, 0.3) is 0 Å². The smallest absolute Gasteiger partial charge is 0.243 e. The van der Waals surface area contributed by atoms with Gasteiger partial charge >= 0.3 is 0 Å². The van der Waals surface area contributed by atoms with E-state index in [0.29, 0.717) is 18.0 Å². The van der Waals surface area contributed by atoms with E-state index < -0.39 is 10.0 Å². The molecule has 3 aromatic rings. The van der Waals surface area contributed by atoms with Crippen molar-refractivity contribution in [2.45, 2.75) is 51.0 Å². The van der Waals surface area contributed by atoms with E-state index in [9.17, 15) is 8.42 Å². The average molecular weight is 436 g/mol. The van der Waals surface area contributed by atoms with Crippen LogP contribution in [-0.2, 0) is 15.6 Å². The minimum Gasteiger partial charge on any atom is -0.372 e. The van der Waals surface area contributed by atoms with Gasteiger partial charge in [0.15, 0.2) is 0 Å². The SMILES string of the molecule is Cc1cc(C)c(S(=O)(=O)N2CCC3(CC2)Nc2cc(C)ccc2-n2cccc23)c(C)c1. The minimum atomic E-state index is -3.53. The number of hydrogen-bond donors (Lipinski definition) is 1. The third kappa shape index (κ3) is 3.12. The van der Waals surface area contributed by atoms with Crippen molar-refractivity contribution in [3.8, 4) is 5.69 Å². The fraction of sp³-hybridized carbons (Fsp3) is 0.360. The van der Waals surface area contributed by atoms with Gasteiger partial charge in [-0.15, -0.1) is 0 Å². The van der Waals surface area contributed by atoms with Gasteiger partial charge in [0.1, 0.15) is 0 Å². The second-order valence-electron chi connectivity index (χ2n) is 9.12. The van der Waals surface area contributed by atoms with Crippen LogP contribution in [0.5, 0.6) is 0 Å². The van der Waals surface area contributed by atoms with E-state index in [4.69, 9.17) is 0 Å². The lowest BCUT2D eigenvalue weighted by Gasteiger charge is -2.46. The Labute approximate surface area is 184 Å². The predicted octanol–water partition coefficient (Wildman–Crippen LogP) is 4.82. The highest BCUT2D eigenvalue weighted by Crippen LogP contribution is 2.44. The summed E-state index contributed by atoms with van der Waals surface area (Å²) in [6.07, 6.45) is 3.56. The minimum absolute atomic E-state index is 0.256. The second-order valence-corrected chi connectivity index (χ2v) is 11.0. The first-order valence-electron chi connectivity index (χ1n) is 10.9. The molecule has 5 nitrogen and oxygen atoms in total. The first-order valence-corrected chi connectivity index (χ1v) is 12.3. The van der Waals surface area contributed by atoms with Crippen molar-refractivity contribution < 1.29 is 8.42 Å². The van der Waals surface area contributed by atoms with Gasteiger partial charge in [-0.25, -0.2) is 8.42 Å². The number of rotatable bonds is 2. The molecule has 2 aliphatic heterocycles. The van der Waals surface area contributed by atoms with Gasteiger partial charge in [0.2, 0.25) is 10.0 Å². The fourth-order valence-corrected chi connectivity index (χ4v) is 7.31. The molecule has 1 saturated heterocycles. The molecule has 3 heterocycles. The summed E-state index contributed by atoms with van der Waals surface area (Å²) in [6, 6.07) is 14.6. The fourth-order valence-electron chi connectivity index (χ4n) is 5.46. The molecule has 0 aliphatic carbocycles. The quantitative estimate of drug-likeness (QED) is 0.628. The van der Waals surface area contributed by atoms with Crippen LogP contribution >= 0.6 is 0 Å². The number of nitrogens with one attached hydrogen (secondary N) is 1. The summed E-state index contributed by atoms with van der Waals surface area (Å²) >= 11 is 0. The maximum atomic E-state index is 13.6. The van der Waals surface area contributed by atoms with Crippen molar-refractivity contribution >= 4 is 15.7 Å². The van der Waals surface area contributed by atoms with Crippen molar-refractivity contribution in [2.24, 2.45) is 0 Å². The van der Waals surface area contributed by atoms with E-state index in [-0.39, 0.29) is 5.54 Å². The molecule has 1 spiro atoms. The Hall–Kier alpha value is -2.57. The van der Waals surface area contributed by atoms with Crippen LogP contribution in [0.15, 0.2) is 53.6 Å². The Balaban J connectivity index is 1.47. The molecule has 6 heteroatoms. The largest absolute Gasteiger partial charge is 0.372 e. The molecule has 2 aliphatic rings. The number of aromatic nitrogens is 1. The topological polar surface area (TPSA) is 54.3 Å². The molecule has 0 bridgehead atoms. The summed E-state index contributed by atoms with van der Waals surface area (Å²) < 4.78 is 31.0. The van der Waals surface area contributed by atoms with Crippen molar-refractivity contribution in [2.75, 3.05) is 18.4 Å². The normalized spacial score (nSPS) is 17.8. The summed E-state index contributed by atoms with van der Waals surface area (Å²) in [5, 5.41) is 3.80. The summed E-state index contributed by atoms with van der Waals surface area (Å²) in [5.41, 5.74) is 7.17. The summed E-state index contributed by atoms with van der Waals surface area (Å²) in [5.74, 6) is 0. The highest BCUT2D eigenvalue weighted by atomic mass is 32.2. The van der Waals surface area contributed by atoms with Gasteiger partial charge in [-0.3, -0.25) is 0 Å². The third-order valence-corrected chi connectivity index (χ3v) is 9.01. The number of anilines is 1. The van der Waals surface area contributed by atoms with Gasteiger partial charge in [-0.05, 0) is 81.5 Å². The Morgan fingerprint density at radius 3 is 2.26 bits per heavy atom. The number of fused-ring (bicyclic) bond motifs is 4. The van der Waals surface area contributed by atoms with E-state index in [0.717, 1.165) is 40.9 Å².